The molecule has 3 rings (SSSR count). The van der Waals surface area contributed by atoms with Gasteiger partial charge in [-0.15, -0.1) is 0 Å². The lowest BCUT2D eigenvalue weighted by Gasteiger charge is -2.12. The number of methoxy groups -OCH3 is 1. The van der Waals surface area contributed by atoms with E-state index in [-0.39, 0.29) is 11.8 Å². The van der Waals surface area contributed by atoms with Crippen LogP contribution in [0.1, 0.15) is 17.2 Å². The Kier molecular flexibility index (Phi) is 3.31. The predicted molar refractivity (Wildman–Crippen MR) is 78.1 cm³/mol. The molecule has 3 N–H and O–H groups in total. The van der Waals surface area contributed by atoms with Gasteiger partial charge < -0.3 is 15.3 Å². The summed E-state index contributed by atoms with van der Waals surface area (Å²) in [4.78, 5) is 0. The van der Waals surface area contributed by atoms with E-state index in [1.54, 1.807) is 19.2 Å². The summed E-state index contributed by atoms with van der Waals surface area (Å²) in [6.45, 7) is 0. The lowest BCUT2D eigenvalue weighted by molar-refractivity contribution is 0.409. The number of hydrazine groups is 1. The van der Waals surface area contributed by atoms with Crippen LogP contribution in [-0.2, 0) is 0 Å². The topological polar surface area (TPSA) is 53.5 Å². The average Bonchev–Trinajstić information content (AvgIpc) is 2.98. The summed E-state index contributed by atoms with van der Waals surface area (Å²) in [6.07, 6.45) is 2.05. The molecule has 2 aromatic carbocycles. The Bertz CT molecular complexity index is 638. The highest BCUT2D eigenvalue weighted by molar-refractivity contribution is 5.67. The summed E-state index contributed by atoms with van der Waals surface area (Å²) in [7, 11) is 1.61. The smallest absolute Gasteiger partial charge is 0.121 e. The van der Waals surface area contributed by atoms with Crippen LogP contribution in [0.4, 0.5) is 0 Å². The van der Waals surface area contributed by atoms with Crippen LogP contribution in [0.5, 0.6) is 11.5 Å². The molecule has 0 fully saturated rings. The van der Waals surface area contributed by atoms with Crippen LogP contribution >= 0.6 is 0 Å². The summed E-state index contributed by atoms with van der Waals surface area (Å²) < 4.78 is 5.20. The molecule has 1 heterocycles. The summed E-state index contributed by atoms with van der Waals surface area (Å²) in [5.74, 6) is 0.969. The molecule has 0 amide bonds. The zero-order valence-electron chi connectivity index (χ0n) is 11.1. The van der Waals surface area contributed by atoms with Gasteiger partial charge in [0, 0.05) is 5.56 Å². The van der Waals surface area contributed by atoms with E-state index in [9.17, 15) is 5.11 Å². The Morgan fingerprint density at radius 1 is 1.10 bits per heavy atom. The molecule has 0 bridgehead atoms. The summed E-state index contributed by atoms with van der Waals surface area (Å²) in [5, 5.41) is 10.00. The minimum atomic E-state index is -0.0969. The highest BCUT2D eigenvalue weighted by atomic mass is 16.5. The van der Waals surface area contributed by atoms with Crippen molar-refractivity contribution in [2.24, 2.45) is 0 Å². The van der Waals surface area contributed by atoms with Crippen molar-refractivity contribution in [3.05, 3.63) is 65.7 Å². The van der Waals surface area contributed by atoms with Gasteiger partial charge in [-0.2, -0.15) is 0 Å². The monoisotopic (exact) mass is 268 g/mol. The Morgan fingerprint density at radius 2 is 1.90 bits per heavy atom. The van der Waals surface area contributed by atoms with Gasteiger partial charge in [0.15, 0.2) is 0 Å². The van der Waals surface area contributed by atoms with Crippen molar-refractivity contribution < 1.29 is 9.84 Å². The van der Waals surface area contributed by atoms with E-state index in [1.165, 1.54) is 0 Å². The van der Waals surface area contributed by atoms with Crippen LogP contribution in [0.25, 0.3) is 5.70 Å². The van der Waals surface area contributed by atoms with E-state index in [1.807, 2.05) is 42.5 Å². The number of phenols is 1. The first kappa shape index (κ1) is 12.6. The van der Waals surface area contributed by atoms with Crippen LogP contribution in [0.15, 0.2) is 54.6 Å². The SMILES string of the molecule is COc1ccc(O)c(C2C=C(c3ccccc3)NN2)c1. The van der Waals surface area contributed by atoms with Crippen LogP contribution < -0.4 is 15.6 Å². The second-order valence-corrected chi connectivity index (χ2v) is 4.62. The second kappa shape index (κ2) is 5.27. The molecular weight excluding hydrogens is 252 g/mol. The molecule has 1 aliphatic heterocycles. The number of ether oxygens (including phenoxy) is 1. The van der Waals surface area contributed by atoms with Gasteiger partial charge in [-0.3, -0.25) is 0 Å². The maximum Gasteiger partial charge on any atom is 0.121 e. The van der Waals surface area contributed by atoms with Gasteiger partial charge in [0.05, 0.1) is 18.8 Å². The molecule has 0 saturated heterocycles. The van der Waals surface area contributed by atoms with Crippen molar-refractivity contribution in [1.29, 1.82) is 0 Å². The molecule has 20 heavy (non-hydrogen) atoms. The predicted octanol–water partition coefficient (Wildman–Crippen LogP) is 2.59. The number of aromatic hydroxyl groups is 1. The lowest BCUT2D eigenvalue weighted by Crippen LogP contribution is -2.26. The van der Waals surface area contributed by atoms with Gasteiger partial charge in [0.25, 0.3) is 0 Å². The molecule has 0 radical (unpaired) electrons. The van der Waals surface area contributed by atoms with Crippen molar-refractivity contribution >= 4 is 5.70 Å². The maximum absolute atomic E-state index is 10.00. The first-order chi connectivity index (χ1) is 9.78. The Hall–Kier alpha value is -2.46. The van der Waals surface area contributed by atoms with Crippen molar-refractivity contribution in [2.75, 3.05) is 7.11 Å². The zero-order chi connectivity index (χ0) is 13.9. The summed E-state index contributed by atoms with van der Waals surface area (Å²) in [6, 6.07) is 15.2. The number of hydrogen-bond acceptors (Lipinski definition) is 4. The highest BCUT2D eigenvalue weighted by Crippen LogP contribution is 2.32. The quantitative estimate of drug-likeness (QED) is 0.801. The average molecular weight is 268 g/mol. The Balaban J connectivity index is 1.92. The van der Waals surface area contributed by atoms with Gasteiger partial charge in [-0.1, -0.05) is 30.3 Å². The number of rotatable bonds is 3. The third-order valence-corrected chi connectivity index (χ3v) is 3.35. The molecule has 0 aliphatic carbocycles. The Labute approximate surface area is 117 Å². The normalized spacial score (nSPS) is 17.4. The molecule has 2 aromatic rings. The fraction of sp³-hybridized carbons (Fsp3) is 0.125. The lowest BCUT2D eigenvalue weighted by atomic mass is 10.0. The third kappa shape index (κ3) is 2.33. The number of benzene rings is 2. The van der Waals surface area contributed by atoms with E-state index in [0.717, 1.165) is 22.6 Å². The molecule has 0 saturated carbocycles. The number of nitrogens with one attached hydrogen (secondary N) is 2. The maximum atomic E-state index is 10.00. The first-order valence-electron chi connectivity index (χ1n) is 6.43. The molecule has 1 atom stereocenters. The van der Waals surface area contributed by atoms with E-state index in [0.29, 0.717) is 0 Å². The summed E-state index contributed by atoms with van der Waals surface area (Å²) in [5.41, 5.74) is 9.18. The summed E-state index contributed by atoms with van der Waals surface area (Å²) >= 11 is 0. The second-order valence-electron chi connectivity index (χ2n) is 4.62. The van der Waals surface area contributed by atoms with Crippen LogP contribution in [0, 0.1) is 0 Å². The molecule has 102 valence electrons. The number of hydrogen-bond donors (Lipinski definition) is 3. The van der Waals surface area contributed by atoms with Crippen molar-refractivity contribution in [3.63, 3.8) is 0 Å². The molecular formula is C16H16N2O2. The standard InChI is InChI=1S/C16H16N2O2/c1-20-12-7-8-16(19)13(9-12)15-10-14(17-18-15)11-5-3-2-4-6-11/h2-10,15,17-19H,1H3. The van der Waals surface area contributed by atoms with Crippen molar-refractivity contribution in [2.45, 2.75) is 6.04 Å². The molecule has 0 spiro atoms. The van der Waals surface area contributed by atoms with Crippen LogP contribution in [0.3, 0.4) is 0 Å². The minimum Gasteiger partial charge on any atom is -0.508 e. The molecule has 1 unspecified atom stereocenters. The Morgan fingerprint density at radius 3 is 2.65 bits per heavy atom. The molecule has 0 aromatic heterocycles. The third-order valence-electron chi connectivity index (χ3n) is 3.35. The zero-order valence-corrected chi connectivity index (χ0v) is 11.1. The van der Waals surface area contributed by atoms with Crippen molar-refractivity contribution in [1.82, 2.24) is 10.9 Å². The highest BCUT2D eigenvalue weighted by Gasteiger charge is 2.20. The van der Waals surface area contributed by atoms with Gasteiger partial charge in [-0.05, 0) is 29.8 Å². The largest absolute Gasteiger partial charge is 0.508 e. The molecule has 4 heteroatoms. The van der Waals surface area contributed by atoms with Crippen LogP contribution in [0.2, 0.25) is 0 Å². The fourth-order valence-electron chi connectivity index (χ4n) is 2.27. The first-order valence-corrected chi connectivity index (χ1v) is 6.43. The van der Waals surface area contributed by atoms with Gasteiger partial charge in [-0.25, -0.2) is 5.43 Å². The van der Waals surface area contributed by atoms with E-state index >= 15 is 0 Å². The molecule has 4 nitrogen and oxygen atoms in total. The van der Waals surface area contributed by atoms with E-state index in [4.69, 9.17) is 4.74 Å². The van der Waals surface area contributed by atoms with Crippen LogP contribution in [-0.4, -0.2) is 12.2 Å². The van der Waals surface area contributed by atoms with E-state index in [2.05, 4.69) is 10.9 Å². The molecule has 1 aliphatic rings. The van der Waals surface area contributed by atoms with E-state index < -0.39 is 0 Å². The van der Waals surface area contributed by atoms with Gasteiger partial charge in [0.2, 0.25) is 0 Å². The fourth-order valence-corrected chi connectivity index (χ4v) is 2.27. The van der Waals surface area contributed by atoms with Gasteiger partial charge in [0.1, 0.15) is 11.5 Å². The van der Waals surface area contributed by atoms with Crippen molar-refractivity contribution in [3.8, 4) is 11.5 Å². The minimum absolute atomic E-state index is 0.0969. The van der Waals surface area contributed by atoms with Gasteiger partial charge >= 0.3 is 0 Å². The number of phenolic OH excluding ortho intramolecular Hbond substituents is 1.